The Kier molecular flexibility index (Phi) is 5.33. The number of H-pyrrole nitrogens is 1. The van der Waals surface area contributed by atoms with Crippen LogP contribution in [0.2, 0.25) is 0 Å². The van der Waals surface area contributed by atoms with Gasteiger partial charge >= 0.3 is 0 Å². The third-order valence-corrected chi connectivity index (χ3v) is 13.2. The zero-order chi connectivity index (χ0) is 28.4. The quantitative estimate of drug-likeness (QED) is 0.444. The highest BCUT2D eigenvalue weighted by molar-refractivity contribution is 6.04. The number of nitrogens with one attached hydrogen (secondary N) is 1. The van der Waals surface area contributed by atoms with Crippen molar-refractivity contribution < 1.29 is 9.59 Å². The summed E-state index contributed by atoms with van der Waals surface area (Å²) in [6.45, 7) is 17.6. The molecule has 3 saturated carbocycles. The Labute approximate surface area is 233 Å². The number of hydrogen-bond donors (Lipinski definition) is 1. The number of hydrogen-bond acceptors (Lipinski definition) is 5. The van der Waals surface area contributed by atoms with Crippen LogP contribution in [0.15, 0.2) is 23.3 Å². The molecule has 1 heterocycles. The first-order valence-electron chi connectivity index (χ1n) is 14.9. The van der Waals surface area contributed by atoms with E-state index in [-0.39, 0.29) is 56.6 Å². The monoisotopic (exact) mass is 528 g/mol. The van der Waals surface area contributed by atoms with Gasteiger partial charge in [0, 0.05) is 22.2 Å². The summed E-state index contributed by atoms with van der Waals surface area (Å²) in [7, 11) is 0. The molecule has 1 aromatic heterocycles. The summed E-state index contributed by atoms with van der Waals surface area (Å²) in [6, 6.07) is 2.21. The van der Waals surface area contributed by atoms with E-state index < -0.39 is 10.8 Å². The van der Waals surface area contributed by atoms with E-state index >= 15 is 0 Å². The highest BCUT2D eigenvalue weighted by Gasteiger charge is 2.69. The molecule has 0 amide bonds. The van der Waals surface area contributed by atoms with E-state index in [0.717, 1.165) is 62.2 Å². The number of aromatic amines is 1. The number of allylic oxidation sites excluding steroid dienone is 4. The molecule has 6 rings (SSSR count). The van der Waals surface area contributed by atoms with Gasteiger partial charge in [0.2, 0.25) is 0 Å². The molecule has 1 aromatic rings. The van der Waals surface area contributed by atoms with Crippen LogP contribution in [0.3, 0.4) is 0 Å². The number of aromatic nitrogens is 3. The van der Waals surface area contributed by atoms with Crippen molar-refractivity contribution in [2.24, 2.45) is 44.8 Å². The minimum absolute atomic E-state index is 0.0533. The Morgan fingerprint density at radius 1 is 1.00 bits per heavy atom. The van der Waals surface area contributed by atoms with Crippen molar-refractivity contribution in [3.05, 3.63) is 34.9 Å². The van der Waals surface area contributed by atoms with Crippen LogP contribution in [0.1, 0.15) is 105 Å². The van der Waals surface area contributed by atoms with Crippen LogP contribution >= 0.6 is 0 Å². The summed E-state index contributed by atoms with van der Waals surface area (Å²) in [5.74, 6) is 2.20. The molecule has 0 saturated heterocycles. The number of nitriles is 1. The predicted octanol–water partition coefficient (Wildman–Crippen LogP) is 6.58. The van der Waals surface area contributed by atoms with Crippen molar-refractivity contribution in [1.29, 1.82) is 5.26 Å². The average Bonchev–Trinajstić information content (AvgIpc) is 3.31. The fraction of sp³-hybridized carbons (Fsp3) is 0.727. The summed E-state index contributed by atoms with van der Waals surface area (Å²) < 4.78 is 0. The molecule has 0 bridgehead atoms. The van der Waals surface area contributed by atoms with E-state index in [1.165, 1.54) is 0 Å². The molecule has 0 radical (unpaired) electrons. The van der Waals surface area contributed by atoms with Crippen molar-refractivity contribution in [3.63, 3.8) is 0 Å². The lowest BCUT2D eigenvalue weighted by Gasteiger charge is -2.69. The van der Waals surface area contributed by atoms with Crippen LogP contribution in [-0.4, -0.2) is 26.7 Å². The van der Waals surface area contributed by atoms with Gasteiger partial charge in [-0.05, 0) is 86.0 Å². The summed E-state index contributed by atoms with van der Waals surface area (Å²) in [6.07, 6.45) is 11.0. The predicted molar refractivity (Wildman–Crippen MR) is 149 cm³/mol. The summed E-state index contributed by atoms with van der Waals surface area (Å²) in [5.41, 5.74) is -0.104. The van der Waals surface area contributed by atoms with Gasteiger partial charge in [-0.25, -0.2) is 4.98 Å². The van der Waals surface area contributed by atoms with Gasteiger partial charge in [-0.2, -0.15) is 10.4 Å². The number of fused-ring (bicyclic) bond motifs is 7. The normalized spacial score (nSPS) is 46.6. The number of rotatable bonds is 1. The fourth-order valence-corrected chi connectivity index (χ4v) is 10.5. The molecule has 6 heteroatoms. The molecule has 0 aromatic carbocycles. The van der Waals surface area contributed by atoms with Gasteiger partial charge < -0.3 is 0 Å². The lowest BCUT2D eigenvalue weighted by molar-refractivity contribution is -0.166. The first-order chi connectivity index (χ1) is 18.1. The van der Waals surface area contributed by atoms with Crippen LogP contribution in [0.5, 0.6) is 0 Å². The van der Waals surface area contributed by atoms with E-state index in [2.05, 4.69) is 50.9 Å². The number of Topliss-reactive ketones (excluding diaryl/α,β-unsaturated/α-hetero) is 1. The minimum Gasteiger partial charge on any atom is -0.295 e. The van der Waals surface area contributed by atoms with E-state index in [1.54, 1.807) is 0 Å². The largest absolute Gasteiger partial charge is 0.295 e. The minimum atomic E-state index is -0.636. The highest BCUT2D eigenvalue weighted by Crippen LogP contribution is 2.74. The van der Waals surface area contributed by atoms with Crippen molar-refractivity contribution in [2.45, 2.75) is 106 Å². The topological polar surface area (TPSA) is 99.5 Å². The molecular weight excluding hydrogens is 484 g/mol. The molecule has 0 spiro atoms. The van der Waals surface area contributed by atoms with Gasteiger partial charge in [0.05, 0.1) is 5.57 Å². The van der Waals surface area contributed by atoms with Gasteiger partial charge in [0.25, 0.3) is 0 Å². The highest BCUT2D eigenvalue weighted by atomic mass is 16.1. The summed E-state index contributed by atoms with van der Waals surface area (Å²) >= 11 is 0. The number of nitrogens with zero attached hydrogens (tertiary/aromatic N) is 3. The van der Waals surface area contributed by atoms with Crippen molar-refractivity contribution in [1.82, 2.24) is 15.2 Å². The van der Waals surface area contributed by atoms with Crippen molar-refractivity contribution in [3.8, 4) is 6.07 Å². The molecule has 5 aliphatic rings. The molecule has 0 aliphatic heterocycles. The molecule has 3 fully saturated rings. The van der Waals surface area contributed by atoms with Gasteiger partial charge in [-0.3, -0.25) is 14.7 Å². The molecule has 1 N–H and O–H groups in total. The van der Waals surface area contributed by atoms with Gasteiger partial charge in [0.15, 0.2) is 17.4 Å². The Morgan fingerprint density at radius 3 is 2.33 bits per heavy atom. The molecule has 5 aliphatic carbocycles. The first-order valence-corrected chi connectivity index (χ1v) is 14.9. The maximum Gasteiger partial charge on any atom is 0.178 e. The third kappa shape index (κ3) is 3.19. The van der Waals surface area contributed by atoms with E-state index in [9.17, 15) is 14.9 Å². The molecule has 208 valence electrons. The van der Waals surface area contributed by atoms with Crippen molar-refractivity contribution >= 4 is 11.6 Å². The average molecular weight is 529 g/mol. The van der Waals surface area contributed by atoms with E-state index in [4.69, 9.17) is 4.98 Å². The zero-order valence-electron chi connectivity index (χ0n) is 25.0. The number of carbonyl (C=O) groups is 2. The van der Waals surface area contributed by atoms with Crippen LogP contribution in [0.4, 0.5) is 0 Å². The van der Waals surface area contributed by atoms with Crippen LogP contribution in [0, 0.1) is 63.1 Å². The van der Waals surface area contributed by atoms with Crippen LogP contribution in [-0.2, 0) is 15.0 Å². The van der Waals surface area contributed by atoms with Crippen LogP contribution in [0.25, 0.3) is 0 Å². The fourth-order valence-electron chi connectivity index (χ4n) is 10.5. The third-order valence-electron chi connectivity index (χ3n) is 13.2. The van der Waals surface area contributed by atoms with E-state index in [0.29, 0.717) is 0 Å². The van der Waals surface area contributed by atoms with Crippen molar-refractivity contribution in [2.75, 3.05) is 0 Å². The second-order valence-electron chi connectivity index (χ2n) is 15.6. The first kappa shape index (κ1) is 26.7. The Morgan fingerprint density at radius 2 is 1.69 bits per heavy atom. The zero-order valence-corrected chi connectivity index (χ0v) is 25.0. The maximum absolute atomic E-state index is 14.5. The Bertz CT molecular complexity index is 1390. The number of ketones is 2. The molecule has 39 heavy (non-hydrogen) atoms. The second-order valence-corrected chi connectivity index (χ2v) is 15.6. The molecular formula is C33H44N4O2. The van der Waals surface area contributed by atoms with Gasteiger partial charge in [-0.15, -0.1) is 0 Å². The lowest BCUT2D eigenvalue weighted by Crippen LogP contribution is -2.64. The smallest absolute Gasteiger partial charge is 0.178 e. The van der Waals surface area contributed by atoms with Gasteiger partial charge in [-0.1, -0.05) is 60.1 Å². The van der Waals surface area contributed by atoms with Crippen LogP contribution < -0.4 is 0 Å². The maximum atomic E-state index is 14.5. The molecule has 6 nitrogen and oxygen atoms in total. The molecule has 0 unspecified atom stereocenters. The second kappa shape index (κ2) is 7.80. The number of aryl methyl sites for hydroxylation is 1. The lowest BCUT2D eigenvalue weighted by atomic mass is 9.34. The summed E-state index contributed by atoms with van der Waals surface area (Å²) in [5, 5.41) is 17.5. The SMILES string of the molecule is Cc1nc([C@@]2(C)CC[C@]3(C)CC[C@]4(C)[C@H](C(=O)C=C5[C@@]6(C)C=C(C#N)C(=O)C(C)(C)[C@@H]6CC[C@]54C)[C@@H]3C2)n[nH]1. The molecule has 8 atom stereocenters. The number of carbonyl (C=O) groups excluding carboxylic acids is 2. The Balaban J connectivity index is 1.48. The standard InChI is InChI=1S/C33H44N4O2/c1-19-35-27(37-36-19)30(5)12-11-29(4)13-14-33(8)25(21(29)17-30)22(38)15-24-31(6)16-20(18-34)26(39)28(2,3)23(31)9-10-32(24,33)7/h15-16,21,23,25H,9-14,17H2,1-8H3,(H,35,36,37)/t21-,23-,25-,29+,30-,31-,32+,33+/m0/s1. The Hall–Kier alpha value is -2.55. The summed E-state index contributed by atoms with van der Waals surface area (Å²) in [4.78, 5) is 32.5. The van der Waals surface area contributed by atoms with Gasteiger partial charge in [0.1, 0.15) is 11.9 Å². The van der Waals surface area contributed by atoms with E-state index in [1.807, 2.05) is 32.9 Å².